The molecule has 8 nitrogen and oxygen atoms in total. The van der Waals surface area contributed by atoms with E-state index in [4.69, 9.17) is 5.41 Å². The molecule has 0 radical (unpaired) electrons. The van der Waals surface area contributed by atoms with Crippen LogP contribution in [0.3, 0.4) is 0 Å². The molecule has 0 amide bonds. The highest BCUT2D eigenvalue weighted by atomic mass is 16.1. The molecule has 0 spiro atoms. The molecule has 1 aromatic heterocycles. The van der Waals surface area contributed by atoms with Crippen LogP contribution >= 0.6 is 0 Å². The van der Waals surface area contributed by atoms with Gasteiger partial charge < -0.3 is 4.90 Å². The van der Waals surface area contributed by atoms with Gasteiger partial charge >= 0.3 is 0 Å². The summed E-state index contributed by atoms with van der Waals surface area (Å²) in [7, 11) is 1.79. The zero-order valence-electron chi connectivity index (χ0n) is 15.6. The number of aromatic nitrogens is 2. The number of hydrogen-bond donors (Lipinski definition) is 2. The van der Waals surface area contributed by atoms with Crippen molar-refractivity contribution in [2.24, 2.45) is 12.1 Å². The average Bonchev–Trinajstić information content (AvgIpc) is 2.92. The molecule has 2 heterocycles. The summed E-state index contributed by atoms with van der Waals surface area (Å²) in [6.45, 7) is 3.32. The van der Waals surface area contributed by atoms with Crippen LogP contribution in [-0.4, -0.2) is 38.9 Å². The van der Waals surface area contributed by atoms with Crippen LogP contribution in [0.25, 0.3) is 5.69 Å². The Hall–Kier alpha value is -3.34. The maximum absolute atomic E-state index is 12.8. The number of piperidine rings is 1. The summed E-state index contributed by atoms with van der Waals surface area (Å²) < 4.78 is 3.27. The number of para-hydroxylation sites is 1. The second-order valence-corrected chi connectivity index (χ2v) is 6.52. The lowest BCUT2D eigenvalue weighted by atomic mass is 10.1. The predicted octanol–water partition coefficient (Wildman–Crippen LogP) is 2.24. The molecule has 2 N–H and O–H groups in total. The van der Waals surface area contributed by atoms with E-state index in [1.807, 2.05) is 41.3 Å². The van der Waals surface area contributed by atoms with Gasteiger partial charge in [-0.25, -0.2) is 4.68 Å². The maximum atomic E-state index is 12.8. The maximum Gasteiger partial charge on any atom is 0.296 e. The molecule has 27 heavy (non-hydrogen) atoms. The van der Waals surface area contributed by atoms with Gasteiger partial charge in [0.2, 0.25) is 5.71 Å². The number of anilines is 1. The number of rotatable bonds is 4. The lowest BCUT2D eigenvalue weighted by Crippen LogP contribution is -2.39. The van der Waals surface area contributed by atoms with Crippen molar-refractivity contribution in [2.45, 2.75) is 26.2 Å². The second kappa shape index (κ2) is 7.91. The largest absolute Gasteiger partial charge is 0.355 e. The fourth-order valence-corrected chi connectivity index (χ4v) is 3.21. The molecule has 0 saturated carbocycles. The smallest absolute Gasteiger partial charge is 0.296 e. The van der Waals surface area contributed by atoms with Gasteiger partial charge in [-0.1, -0.05) is 18.2 Å². The van der Waals surface area contributed by atoms with Crippen molar-refractivity contribution in [1.29, 1.82) is 10.7 Å². The Morgan fingerprint density at radius 3 is 2.52 bits per heavy atom. The van der Waals surface area contributed by atoms with Gasteiger partial charge in [0.05, 0.1) is 11.4 Å². The quantitative estimate of drug-likeness (QED) is 0.493. The third-order valence-corrected chi connectivity index (χ3v) is 4.84. The first kappa shape index (κ1) is 18.5. The first-order chi connectivity index (χ1) is 13.0. The molecular formula is C19H23N7O. The Balaban J connectivity index is 1.89. The molecule has 1 aliphatic heterocycles. The molecule has 0 atom stereocenters. The number of benzene rings is 1. The van der Waals surface area contributed by atoms with Gasteiger partial charge in [0, 0.05) is 20.1 Å². The van der Waals surface area contributed by atoms with Gasteiger partial charge in [-0.15, -0.1) is 0 Å². The molecule has 0 bridgehead atoms. The van der Waals surface area contributed by atoms with Crippen molar-refractivity contribution in [2.75, 3.05) is 18.5 Å². The van der Waals surface area contributed by atoms with Crippen molar-refractivity contribution >= 4 is 17.2 Å². The van der Waals surface area contributed by atoms with Crippen LogP contribution in [0.4, 0.5) is 5.69 Å². The van der Waals surface area contributed by atoms with Crippen molar-refractivity contribution < 1.29 is 0 Å². The van der Waals surface area contributed by atoms with Crippen molar-refractivity contribution in [3.8, 4) is 11.8 Å². The highest BCUT2D eigenvalue weighted by Crippen LogP contribution is 2.14. The van der Waals surface area contributed by atoms with Gasteiger partial charge in [0.15, 0.2) is 5.84 Å². The Morgan fingerprint density at radius 1 is 1.22 bits per heavy atom. The van der Waals surface area contributed by atoms with Crippen molar-refractivity contribution in [3.05, 3.63) is 46.4 Å². The van der Waals surface area contributed by atoms with E-state index in [1.54, 1.807) is 18.7 Å². The minimum atomic E-state index is -0.258. The van der Waals surface area contributed by atoms with E-state index >= 15 is 0 Å². The topological polar surface area (TPSA) is 102 Å². The fourth-order valence-electron chi connectivity index (χ4n) is 3.21. The summed E-state index contributed by atoms with van der Waals surface area (Å²) in [5, 5.41) is 21.7. The van der Waals surface area contributed by atoms with E-state index in [2.05, 4.69) is 10.5 Å². The zero-order chi connectivity index (χ0) is 19.4. The molecule has 1 saturated heterocycles. The van der Waals surface area contributed by atoms with E-state index in [-0.39, 0.29) is 17.1 Å². The molecular weight excluding hydrogens is 342 g/mol. The van der Waals surface area contributed by atoms with Crippen LogP contribution in [0.15, 0.2) is 40.2 Å². The molecule has 0 aliphatic carbocycles. The zero-order valence-corrected chi connectivity index (χ0v) is 15.6. The minimum absolute atomic E-state index is 0.0224. The highest BCUT2D eigenvalue weighted by molar-refractivity contribution is 6.46. The van der Waals surface area contributed by atoms with Gasteiger partial charge in [-0.3, -0.25) is 20.3 Å². The van der Waals surface area contributed by atoms with E-state index in [0.717, 1.165) is 38.0 Å². The average molecular weight is 365 g/mol. The van der Waals surface area contributed by atoms with Crippen LogP contribution in [0.1, 0.15) is 25.0 Å². The summed E-state index contributed by atoms with van der Waals surface area (Å²) in [6, 6.07) is 11.3. The van der Waals surface area contributed by atoms with Gasteiger partial charge in [0.25, 0.3) is 5.56 Å². The number of hydrogen-bond acceptors (Lipinski definition) is 5. The molecule has 140 valence electrons. The predicted molar refractivity (Wildman–Crippen MR) is 106 cm³/mol. The van der Waals surface area contributed by atoms with Crippen LogP contribution in [0, 0.1) is 23.7 Å². The summed E-state index contributed by atoms with van der Waals surface area (Å²) in [6.07, 6.45) is 3.16. The Labute approximate surface area is 157 Å². The van der Waals surface area contributed by atoms with Gasteiger partial charge in [-0.05, 0) is 38.3 Å². The number of amidine groups is 1. The Morgan fingerprint density at radius 2 is 1.89 bits per heavy atom. The van der Waals surface area contributed by atoms with Crippen LogP contribution in [-0.2, 0) is 7.05 Å². The SMILES string of the molecule is Cc1c(N/N=C(/C#N)C(=N)N2CCCCC2)c(=O)n(-c2ccccc2)n1C. The fraction of sp³-hybridized carbons (Fsp3) is 0.368. The first-order valence-corrected chi connectivity index (χ1v) is 8.96. The van der Waals surface area contributed by atoms with Crippen molar-refractivity contribution in [3.63, 3.8) is 0 Å². The summed E-state index contributed by atoms with van der Waals surface area (Å²) in [5.41, 5.74) is 4.17. The number of hydrazone groups is 1. The molecule has 3 rings (SSSR count). The number of nitrogens with zero attached hydrogens (tertiary/aromatic N) is 5. The number of nitrogens with one attached hydrogen (secondary N) is 2. The van der Waals surface area contributed by atoms with Gasteiger partial charge in [-0.2, -0.15) is 10.4 Å². The number of nitriles is 1. The molecule has 1 fully saturated rings. The molecule has 0 unspecified atom stereocenters. The standard InChI is InChI=1S/C19H23N7O/c1-14-17(19(27)26(24(14)2)15-9-5-3-6-10-15)23-22-16(13-20)18(21)25-11-7-4-8-12-25/h3,5-6,9-10,21,23H,4,7-8,11-12H2,1-2H3/b21-18?,22-16-. The van der Waals surface area contributed by atoms with E-state index < -0.39 is 0 Å². The number of likely N-dealkylation sites (tertiary alicyclic amines) is 1. The Kier molecular flexibility index (Phi) is 5.41. The monoisotopic (exact) mass is 365 g/mol. The lowest BCUT2D eigenvalue weighted by Gasteiger charge is -2.27. The molecule has 8 heteroatoms. The van der Waals surface area contributed by atoms with Crippen LogP contribution in [0.5, 0.6) is 0 Å². The summed E-state index contributed by atoms with van der Waals surface area (Å²) in [5.74, 6) is 0.0988. The molecule has 1 aliphatic rings. The third-order valence-electron chi connectivity index (χ3n) is 4.84. The summed E-state index contributed by atoms with van der Waals surface area (Å²) in [4.78, 5) is 14.7. The van der Waals surface area contributed by atoms with E-state index in [1.165, 1.54) is 4.68 Å². The normalized spacial score (nSPS) is 14.7. The minimum Gasteiger partial charge on any atom is -0.355 e. The highest BCUT2D eigenvalue weighted by Gasteiger charge is 2.20. The lowest BCUT2D eigenvalue weighted by molar-refractivity contribution is 0.344. The second-order valence-electron chi connectivity index (χ2n) is 6.52. The molecule has 2 aromatic rings. The van der Waals surface area contributed by atoms with E-state index in [0.29, 0.717) is 11.4 Å². The molecule has 1 aromatic carbocycles. The Bertz CT molecular complexity index is 956. The first-order valence-electron chi connectivity index (χ1n) is 8.96. The van der Waals surface area contributed by atoms with Crippen molar-refractivity contribution in [1.82, 2.24) is 14.3 Å². The van der Waals surface area contributed by atoms with Crippen LogP contribution < -0.4 is 11.0 Å². The van der Waals surface area contributed by atoms with Gasteiger partial charge in [0.1, 0.15) is 11.8 Å². The summed E-state index contributed by atoms with van der Waals surface area (Å²) >= 11 is 0. The van der Waals surface area contributed by atoms with E-state index in [9.17, 15) is 10.1 Å². The van der Waals surface area contributed by atoms with Crippen LogP contribution in [0.2, 0.25) is 0 Å². The third kappa shape index (κ3) is 3.62.